The molecule has 0 saturated carbocycles. The summed E-state index contributed by atoms with van der Waals surface area (Å²) >= 11 is 0. The molecule has 1 aliphatic heterocycles. The predicted octanol–water partition coefficient (Wildman–Crippen LogP) is 3.29. The van der Waals surface area contributed by atoms with Gasteiger partial charge >= 0.3 is 0 Å². The fourth-order valence-corrected chi connectivity index (χ4v) is 2.87. The van der Waals surface area contributed by atoms with E-state index in [2.05, 4.69) is 37.4 Å². The zero-order valence-electron chi connectivity index (χ0n) is 13.1. The molecule has 1 unspecified atom stereocenters. The average Bonchev–Trinajstić information content (AvgIpc) is 2.43. The van der Waals surface area contributed by atoms with Gasteiger partial charge < -0.3 is 10.2 Å². The SMILES string of the molecule is CNC(CCC(C)C)c1ccc2c(c1)CCC(=O)N2C. The Labute approximate surface area is 122 Å². The maximum absolute atomic E-state index is 11.7. The van der Waals surface area contributed by atoms with Crippen LogP contribution in [0.3, 0.4) is 0 Å². The van der Waals surface area contributed by atoms with Gasteiger partial charge in [-0.3, -0.25) is 4.79 Å². The van der Waals surface area contributed by atoms with Crippen LogP contribution in [-0.2, 0) is 11.2 Å². The molecule has 20 heavy (non-hydrogen) atoms. The molecule has 1 heterocycles. The van der Waals surface area contributed by atoms with Crippen molar-refractivity contribution >= 4 is 11.6 Å². The molecule has 1 atom stereocenters. The van der Waals surface area contributed by atoms with Gasteiger partial charge in [-0.1, -0.05) is 26.0 Å². The van der Waals surface area contributed by atoms with E-state index in [9.17, 15) is 4.79 Å². The highest BCUT2D eigenvalue weighted by Gasteiger charge is 2.22. The molecule has 0 fully saturated rings. The molecule has 0 bridgehead atoms. The molecule has 0 aromatic heterocycles. The van der Waals surface area contributed by atoms with Gasteiger partial charge in [-0.2, -0.15) is 0 Å². The third-order valence-electron chi connectivity index (χ3n) is 4.23. The van der Waals surface area contributed by atoms with Crippen molar-refractivity contribution in [2.75, 3.05) is 19.0 Å². The Morgan fingerprint density at radius 1 is 1.25 bits per heavy atom. The molecule has 0 saturated heterocycles. The molecule has 0 spiro atoms. The highest BCUT2D eigenvalue weighted by Crippen LogP contribution is 2.30. The Morgan fingerprint density at radius 2 is 2.00 bits per heavy atom. The Hall–Kier alpha value is -1.35. The highest BCUT2D eigenvalue weighted by atomic mass is 16.2. The first-order valence-corrected chi connectivity index (χ1v) is 7.59. The summed E-state index contributed by atoms with van der Waals surface area (Å²) in [4.78, 5) is 13.5. The number of hydrogen-bond acceptors (Lipinski definition) is 2. The maximum Gasteiger partial charge on any atom is 0.227 e. The van der Waals surface area contributed by atoms with E-state index in [1.165, 1.54) is 17.5 Å². The normalized spacial score (nSPS) is 16.4. The molecule has 0 aliphatic carbocycles. The molecule has 110 valence electrons. The van der Waals surface area contributed by atoms with Crippen molar-refractivity contribution in [2.24, 2.45) is 5.92 Å². The number of carbonyl (C=O) groups excluding carboxylic acids is 1. The van der Waals surface area contributed by atoms with Crippen LogP contribution in [0.4, 0.5) is 5.69 Å². The molecule has 3 nitrogen and oxygen atoms in total. The van der Waals surface area contributed by atoms with Gasteiger partial charge in [0.1, 0.15) is 0 Å². The van der Waals surface area contributed by atoms with Crippen LogP contribution in [0.2, 0.25) is 0 Å². The first-order valence-electron chi connectivity index (χ1n) is 7.59. The number of anilines is 1. The summed E-state index contributed by atoms with van der Waals surface area (Å²) in [7, 11) is 3.90. The summed E-state index contributed by atoms with van der Waals surface area (Å²) in [6, 6.07) is 6.95. The first-order chi connectivity index (χ1) is 9.52. The summed E-state index contributed by atoms with van der Waals surface area (Å²) in [5.41, 5.74) is 3.72. The average molecular weight is 274 g/mol. The van der Waals surface area contributed by atoms with Crippen LogP contribution in [0.15, 0.2) is 18.2 Å². The predicted molar refractivity (Wildman–Crippen MR) is 84.0 cm³/mol. The molecule has 0 radical (unpaired) electrons. The third kappa shape index (κ3) is 3.21. The van der Waals surface area contributed by atoms with E-state index in [1.54, 1.807) is 4.90 Å². The quantitative estimate of drug-likeness (QED) is 0.893. The van der Waals surface area contributed by atoms with Crippen LogP contribution in [0.1, 0.15) is 50.3 Å². The molecule has 1 N–H and O–H groups in total. The molecule has 1 aliphatic rings. The molecule has 1 aromatic carbocycles. The lowest BCUT2D eigenvalue weighted by atomic mass is 9.93. The van der Waals surface area contributed by atoms with Crippen molar-refractivity contribution in [3.8, 4) is 0 Å². The van der Waals surface area contributed by atoms with Crippen LogP contribution in [0, 0.1) is 5.92 Å². The third-order valence-corrected chi connectivity index (χ3v) is 4.23. The van der Waals surface area contributed by atoms with Crippen LogP contribution in [-0.4, -0.2) is 20.0 Å². The number of rotatable bonds is 5. The molecule has 3 heteroatoms. The van der Waals surface area contributed by atoms with Crippen molar-refractivity contribution in [1.29, 1.82) is 0 Å². The standard InChI is InChI=1S/C17H26N2O/c1-12(2)5-8-15(18-3)13-6-9-16-14(11-13)7-10-17(20)19(16)4/h6,9,11-12,15,18H,5,7-8,10H2,1-4H3. The van der Waals surface area contributed by atoms with Crippen molar-refractivity contribution in [1.82, 2.24) is 5.32 Å². The van der Waals surface area contributed by atoms with Crippen LogP contribution in [0.5, 0.6) is 0 Å². The maximum atomic E-state index is 11.7. The number of hydrogen-bond donors (Lipinski definition) is 1. The Balaban J connectivity index is 2.19. The lowest BCUT2D eigenvalue weighted by Gasteiger charge is -2.27. The van der Waals surface area contributed by atoms with Gasteiger partial charge in [0.25, 0.3) is 0 Å². The summed E-state index contributed by atoms with van der Waals surface area (Å²) in [5, 5.41) is 3.42. The molecule has 1 amide bonds. The van der Waals surface area contributed by atoms with Gasteiger partial charge in [0, 0.05) is 25.2 Å². The Kier molecular flexibility index (Phi) is 4.81. The number of benzene rings is 1. The van der Waals surface area contributed by atoms with Crippen LogP contribution < -0.4 is 10.2 Å². The summed E-state index contributed by atoms with van der Waals surface area (Å²) in [6.07, 6.45) is 3.87. The van der Waals surface area contributed by atoms with Gasteiger partial charge in [0.15, 0.2) is 0 Å². The second-order valence-corrected chi connectivity index (χ2v) is 6.15. The number of carbonyl (C=O) groups is 1. The first kappa shape index (κ1) is 15.0. The van der Waals surface area contributed by atoms with E-state index >= 15 is 0 Å². The van der Waals surface area contributed by atoms with Gasteiger partial charge in [-0.05, 0) is 49.4 Å². The zero-order chi connectivity index (χ0) is 14.7. The van der Waals surface area contributed by atoms with Crippen LogP contribution >= 0.6 is 0 Å². The smallest absolute Gasteiger partial charge is 0.227 e. The van der Waals surface area contributed by atoms with E-state index in [4.69, 9.17) is 0 Å². The van der Waals surface area contributed by atoms with E-state index < -0.39 is 0 Å². The lowest BCUT2D eigenvalue weighted by molar-refractivity contribution is -0.118. The second-order valence-electron chi connectivity index (χ2n) is 6.15. The number of fused-ring (bicyclic) bond motifs is 1. The van der Waals surface area contributed by atoms with Crippen molar-refractivity contribution in [3.05, 3.63) is 29.3 Å². The second kappa shape index (κ2) is 6.40. The van der Waals surface area contributed by atoms with E-state index in [1.807, 2.05) is 14.1 Å². The topological polar surface area (TPSA) is 32.3 Å². The minimum absolute atomic E-state index is 0.218. The minimum atomic E-state index is 0.218. The highest BCUT2D eigenvalue weighted by molar-refractivity contribution is 5.95. The zero-order valence-corrected chi connectivity index (χ0v) is 13.1. The van der Waals surface area contributed by atoms with Crippen LogP contribution in [0.25, 0.3) is 0 Å². The Morgan fingerprint density at radius 3 is 2.65 bits per heavy atom. The molecular formula is C17H26N2O. The number of nitrogens with one attached hydrogen (secondary N) is 1. The lowest BCUT2D eigenvalue weighted by Crippen LogP contribution is -2.31. The van der Waals surface area contributed by atoms with Gasteiger partial charge in [0.05, 0.1) is 0 Å². The van der Waals surface area contributed by atoms with Crippen molar-refractivity contribution in [2.45, 2.75) is 45.6 Å². The van der Waals surface area contributed by atoms with Crippen molar-refractivity contribution < 1.29 is 4.79 Å². The minimum Gasteiger partial charge on any atom is -0.315 e. The fourth-order valence-electron chi connectivity index (χ4n) is 2.87. The summed E-state index contributed by atoms with van der Waals surface area (Å²) in [5.74, 6) is 0.947. The van der Waals surface area contributed by atoms with E-state index in [0.717, 1.165) is 24.4 Å². The van der Waals surface area contributed by atoms with E-state index in [0.29, 0.717) is 12.5 Å². The number of amides is 1. The molecule has 2 rings (SSSR count). The van der Waals surface area contributed by atoms with Gasteiger partial charge in [-0.25, -0.2) is 0 Å². The number of aryl methyl sites for hydroxylation is 1. The van der Waals surface area contributed by atoms with E-state index in [-0.39, 0.29) is 5.91 Å². The Bertz CT molecular complexity index is 482. The van der Waals surface area contributed by atoms with Crippen molar-refractivity contribution in [3.63, 3.8) is 0 Å². The van der Waals surface area contributed by atoms with Gasteiger partial charge in [-0.15, -0.1) is 0 Å². The number of nitrogens with zero attached hydrogens (tertiary/aromatic N) is 1. The largest absolute Gasteiger partial charge is 0.315 e. The molecule has 1 aromatic rings. The van der Waals surface area contributed by atoms with Gasteiger partial charge in [0.2, 0.25) is 5.91 Å². The fraction of sp³-hybridized carbons (Fsp3) is 0.588. The summed E-state index contributed by atoms with van der Waals surface area (Å²) < 4.78 is 0. The summed E-state index contributed by atoms with van der Waals surface area (Å²) in [6.45, 7) is 4.53. The monoisotopic (exact) mass is 274 g/mol. The molecular weight excluding hydrogens is 248 g/mol.